The average Bonchev–Trinajstić information content (AvgIpc) is 2.47. The van der Waals surface area contributed by atoms with Gasteiger partial charge < -0.3 is 10.6 Å². The van der Waals surface area contributed by atoms with E-state index in [2.05, 4.69) is 17.0 Å². The normalized spacial score (nSPS) is 22.8. The molecule has 2 atom stereocenters. The van der Waals surface area contributed by atoms with Gasteiger partial charge in [0, 0.05) is 30.7 Å². The summed E-state index contributed by atoms with van der Waals surface area (Å²) in [6.45, 7) is 1.75. The van der Waals surface area contributed by atoms with Gasteiger partial charge in [0.1, 0.15) is 5.82 Å². The van der Waals surface area contributed by atoms with Gasteiger partial charge in [-0.15, -0.1) is 0 Å². The second-order valence-electron chi connectivity index (χ2n) is 5.49. The molecule has 3 rings (SSSR count). The standard InChI is InChI=1S/C17H19FN2/c18-15-6-4-5-13(9-15)14-10-16(19)12-20(11-14)17-7-2-1-3-8-17/h1-9,14,16H,10-12,19H2. The minimum absolute atomic E-state index is 0.122. The van der Waals surface area contributed by atoms with E-state index in [9.17, 15) is 4.39 Å². The van der Waals surface area contributed by atoms with Crippen LogP contribution >= 0.6 is 0 Å². The van der Waals surface area contributed by atoms with Gasteiger partial charge in [0.2, 0.25) is 0 Å². The lowest BCUT2D eigenvalue weighted by atomic mass is 9.88. The van der Waals surface area contributed by atoms with Gasteiger partial charge >= 0.3 is 0 Å². The highest BCUT2D eigenvalue weighted by atomic mass is 19.1. The third-order valence-electron chi connectivity index (χ3n) is 3.92. The van der Waals surface area contributed by atoms with Crippen LogP contribution in [-0.4, -0.2) is 19.1 Å². The molecule has 1 fully saturated rings. The Morgan fingerprint density at radius 3 is 2.55 bits per heavy atom. The van der Waals surface area contributed by atoms with Gasteiger partial charge in [-0.3, -0.25) is 0 Å². The molecule has 2 aromatic carbocycles. The van der Waals surface area contributed by atoms with Crippen molar-refractivity contribution >= 4 is 5.69 Å². The summed E-state index contributed by atoms with van der Waals surface area (Å²) in [4.78, 5) is 2.30. The number of rotatable bonds is 2. The van der Waals surface area contributed by atoms with Crippen molar-refractivity contribution in [3.8, 4) is 0 Å². The van der Waals surface area contributed by atoms with Crippen molar-refractivity contribution in [1.29, 1.82) is 0 Å². The second-order valence-corrected chi connectivity index (χ2v) is 5.49. The first-order chi connectivity index (χ1) is 9.72. The van der Waals surface area contributed by atoms with Crippen LogP contribution in [0.2, 0.25) is 0 Å². The van der Waals surface area contributed by atoms with E-state index in [4.69, 9.17) is 5.73 Å². The molecule has 2 aromatic rings. The molecule has 104 valence electrons. The summed E-state index contributed by atoms with van der Waals surface area (Å²) < 4.78 is 13.4. The Morgan fingerprint density at radius 1 is 1.00 bits per heavy atom. The fourth-order valence-electron chi connectivity index (χ4n) is 2.99. The van der Waals surface area contributed by atoms with Crippen molar-refractivity contribution in [2.45, 2.75) is 18.4 Å². The summed E-state index contributed by atoms with van der Waals surface area (Å²) in [5.74, 6) is 0.113. The Morgan fingerprint density at radius 2 is 1.80 bits per heavy atom. The fraction of sp³-hybridized carbons (Fsp3) is 0.294. The summed E-state index contributed by atoms with van der Waals surface area (Å²) in [5, 5.41) is 0. The molecule has 1 aliphatic heterocycles. The molecule has 1 saturated heterocycles. The first-order valence-electron chi connectivity index (χ1n) is 7.03. The Bertz CT molecular complexity index is 570. The monoisotopic (exact) mass is 270 g/mol. The largest absolute Gasteiger partial charge is 0.369 e. The Labute approximate surface area is 119 Å². The van der Waals surface area contributed by atoms with Crippen LogP contribution in [0.15, 0.2) is 54.6 Å². The molecule has 2 unspecified atom stereocenters. The molecule has 20 heavy (non-hydrogen) atoms. The van der Waals surface area contributed by atoms with Crippen LogP contribution in [0.3, 0.4) is 0 Å². The minimum atomic E-state index is -0.173. The number of hydrogen-bond acceptors (Lipinski definition) is 2. The molecule has 0 bridgehead atoms. The molecular formula is C17H19FN2. The quantitative estimate of drug-likeness (QED) is 0.908. The van der Waals surface area contributed by atoms with E-state index >= 15 is 0 Å². The maximum absolute atomic E-state index is 13.4. The van der Waals surface area contributed by atoms with Gasteiger partial charge in [0.15, 0.2) is 0 Å². The third kappa shape index (κ3) is 2.83. The first kappa shape index (κ1) is 13.1. The number of piperidine rings is 1. The number of halogens is 1. The van der Waals surface area contributed by atoms with E-state index in [0.29, 0.717) is 0 Å². The van der Waals surface area contributed by atoms with Crippen molar-refractivity contribution in [2.24, 2.45) is 5.73 Å². The number of benzene rings is 2. The molecule has 0 spiro atoms. The average molecular weight is 270 g/mol. The van der Waals surface area contributed by atoms with Crippen LogP contribution in [0.1, 0.15) is 17.9 Å². The molecule has 0 saturated carbocycles. The van der Waals surface area contributed by atoms with Crippen LogP contribution in [0.25, 0.3) is 0 Å². The molecule has 0 aromatic heterocycles. The van der Waals surface area contributed by atoms with E-state index in [1.54, 1.807) is 12.1 Å². The summed E-state index contributed by atoms with van der Waals surface area (Å²) in [6.07, 6.45) is 0.910. The lowest BCUT2D eigenvalue weighted by molar-refractivity contribution is 0.452. The van der Waals surface area contributed by atoms with Crippen molar-refractivity contribution in [1.82, 2.24) is 0 Å². The van der Waals surface area contributed by atoms with Gasteiger partial charge in [0.25, 0.3) is 0 Å². The van der Waals surface area contributed by atoms with Crippen LogP contribution < -0.4 is 10.6 Å². The fourth-order valence-corrected chi connectivity index (χ4v) is 2.99. The number of hydrogen-bond donors (Lipinski definition) is 1. The van der Waals surface area contributed by atoms with Crippen LogP contribution in [0, 0.1) is 5.82 Å². The Balaban J connectivity index is 1.83. The number of nitrogens with two attached hydrogens (primary N) is 1. The van der Waals surface area contributed by atoms with E-state index < -0.39 is 0 Å². The molecule has 0 radical (unpaired) electrons. The van der Waals surface area contributed by atoms with Gasteiger partial charge in [0.05, 0.1) is 0 Å². The molecule has 3 heteroatoms. The maximum Gasteiger partial charge on any atom is 0.123 e. The smallest absolute Gasteiger partial charge is 0.123 e. The lowest BCUT2D eigenvalue weighted by Gasteiger charge is -2.38. The molecule has 0 amide bonds. The third-order valence-corrected chi connectivity index (χ3v) is 3.92. The molecule has 2 N–H and O–H groups in total. The lowest BCUT2D eigenvalue weighted by Crippen LogP contribution is -2.46. The Kier molecular flexibility index (Phi) is 3.70. The maximum atomic E-state index is 13.4. The zero-order chi connectivity index (χ0) is 13.9. The van der Waals surface area contributed by atoms with Crippen LogP contribution in [0.5, 0.6) is 0 Å². The van der Waals surface area contributed by atoms with Gasteiger partial charge in [-0.05, 0) is 36.2 Å². The topological polar surface area (TPSA) is 29.3 Å². The van der Waals surface area contributed by atoms with Crippen molar-refractivity contribution in [2.75, 3.05) is 18.0 Å². The first-order valence-corrected chi connectivity index (χ1v) is 7.03. The molecule has 2 nitrogen and oxygen atoms in total. The number of nitrogens with zero attached hydrogens (tertiary/aromatic N) is 1. The van der Waals surface area contributed by atoms with Gasteiger partial charge in [-0.25, -0.2) is 4.39 Å². The van der Waals surface area contributed by atoms with Gasteiger partial charge in [-0.2, -0.15) is 0 Å². The number of para-hydroxylation sites is 1. The highest BCUT2D eigenvalue weighted by Gasteiger charge is 2.26. The van der Waals surface area contributed by atoms with Crippen LogP contribution in [0.4, 0.5) is 10.1 Å². The minimum Gasteiger partial charge on any atom is -0.369 e. The summed E-state index contributed by atoms with van der Waals surface area (Å²) in [6, 6.07) is 17.3. The predicted octanol–water partition coefficient (Wildman–Crippen LogP) is 3.15. The summed E-state index contributed by atoms with van der Waals surface area (Å²) in [7, 11) is 0. The predicted molar refractivity (Wildman–Crippen MR) is 80.4 cm³/mol. The molecule has 0 aliphatic carbocycles. The molecular weight excluding hydrogens is 251 g/mol. The SMILES string of the molecule is NC1CC(c2cccc(F)c2)CN(c2ccccc2)C1. The van der Waals surface area contributed by atoms with Crippen molar-refractivity contribution in [3.63, 3.8) is 0 Å². The molecule has 1 heterocycles. The zero-order valence-electron chi connectivity index (χ0n) is 11.4. The second kappa shape index (κ2) is 5.63. The van der Waals surface area contributed by atoms with E-state index in [1.165, 1.54) is 11.8 Å². The molecule has 1 aliphatic rings. The van der Waals surface area contributed by atoms with Crippen molar-refractivity contribution in [3.05, 3.63) is 66.0 Å². The summed E-state index contributed by atoms with van der Waals surface area (Å²) >= 11 is 0. The van der Waals surface area contributed by atoms with Crippen LogP contribution in [-0.2, 0) is 0 Å². The Hall–Kier alpha value is -1.87. The van der Waals surface area contributed by atoms with E-state index in [-0.39, 0.29) is 17.8 Å². The number of anilines is 1. The zero-order valence-corrected chi connectivity index (χ0v) is 11.4. The van der Waals surface area contributed by atoms with E-state index in [0.717, 1.165) is 25.1 Å². The van der Waals surface area contributed by atoms with Crippen molar-refractivity contribution < 1.29 is 4.39 Å². The van der Waals surface area contributed by atoms with E-state index in [1.807, 2.05) is 24.3 Å². The summed E-state index contributed by atoms with van der Waals surface area (Å²) in [5.41, 5.74) is 8.42. The highest BCUT2D eigenvalue weighted by Crippen LogP contribution is 2.29. The van der Waals surface area contributed by atoms with Gasteiger partial charge in [-0.1, -0.05) is 30.3 Å². The highest BCUT2D eigenvalue weighted by molar-refractivity contribution is 5.47.